The van der Waals surface area contributed by atoms with E-state index in [0.29, 0.717) is 26.6 Å². The Morgan fingerprint density at radius 3 is 2.75 bits per heavy atom. The Morgan fingerprint density at radius 1 is 1.29 bits per heavy atom. The minimum Gasteiger partial charge on any atom is -0.489 e. The lowest BCUT2D eigenvalue weighted by atomic mass is 10.2. The second-order valence-corrected chi connectivity index (χ2v) is 7.64. The summed E-state index contributed by atoms with van der Waals surface area (Å²) in [5.41, 5.74) is 3.13. The van der Waals surface area contributed by atoms with Gasteiger partial charge in [0.15, 0.2) is 0 Å². The number of nitro groups is 1. The fourth-order valence-electron chi connectivity index (χ4n) is 2.42. The highest BCUT2D eigenvalue weighted by Crippen LogP contribution is 2.29. The predicted octanol–water partition coefficient (Wildman–Crippen LogP) is 5.01. The van der Waals surface area contributed by atoms with Gasteiger partial charge in [0.25, 0.3) is 11.6 Å². The third-order valence-electron chi connectivity index (χ3n) is 3.63. The average molecular weight is 418 g/mol. The molecule has 1 amide bonds. The van der Waals surface area contributed by atoms with Crippen molar-refractivity contribution >= 4 is 50.8 Å². The zero-order valence-electron chi connectivity index (χ0n) is 15.0. The van der Waals surface area contributed by atoms with E-state index in [1.54, 1.807) is 30.3 Å². The first-order valence-corrected chi connectivity index (χ1v) is 9.50. The number of nitrogens with zero attached hydrogens (tertiary/aromatic N) is 2. The highest BCUT2D eigenvalue weighted by molar-refractivity contribution is 7.20. The second kappa shape index (κ2) is 8.37. The number of hydrogen-bond donors (Lipinski definition) is 1. The van der Waals surface area contributed by atoms with Crippen LogP contribution >= 0.6 is 22.9 Å². The number of carbonyl (C=O) groups is 1. The van der Waals surface area contributed by atoms with Gasteiger partial charge in [-0.15, -0.1) is 11.3 Å². The minimum absolute atomic E-state index is 0.0130. The first-order valence-electron chi connectivity index (χ1n) is 8.31. The molecule has 0 aliphatic heterocycles. The van der Waals surface area contributed by atoms with Gasteiger partial charge in [-0.3, -0.25) is 14.9 Å². The van der Waals surface area contributed by atoms with E-state index in [1.807, 2.05) is 13.8 Å². The van der Waals surface area contributed by atoms with Crippen LogP contribution in [0.3, 0.4) is 0 Å². The average Bonchev–Trinajstić information content (AvgIpc) is 3.07. The molecule has 7 nitrogen and oxygen atoms in total. The highest BCUT2D eigenvalue weighted by atomic mass is 35.5. The van der Waals surface area contributed by atoms with Gasteiger partial charge in [0.2, 0.25) is 0 Å². The van der Waals surface area contributed by atoms with Crippen LogP contribution in [0.15, 0.2) is 47.6 Å². The molecule has 1 aromatic heterocycles. The van der Waals surface area contributed by atoms with E-state index < -0.39 is 10.8 Å². The number of ether oxygens (including phenoxy) is 1. The Balaban J connectivity index is 1.69. The molecule has 9 heteroatoms. The van der Waals surface area contributed by atoms with Crippen LogP contribution in [0, 0.1) is 10.1 Å². The van der Waals surface area contributed by atoms with Gasteiger partial charge in [-0.25, -0.2) is 5.43 Å². The van der Waals surface area contributed by atoms with Crippen molar-refractivity contribution in [2.24, 2.45) is 5.10 Å². The number of benzene rings is 2. The monoisotopic (exact) mass is 417 g/mol. The second-order valence-electron chi connectivity index (χ2n) is 6.15. The Kier molecular flexibility index (Phi) is 5.91. The molecule has 144 valence electrons. The van der Waals surface area contributed by atoms with Crippen LogP contribution in [0.25, 0.3) is 10.1 Å². The number of nitro benzene ring substituents is 1. The molecular weight excluding hydrogens is 402 g/mol. The van der Waals surface area contributed by atoms with Crippen LogP contribution in [0.1, 0.15) is 29.1 Å². The van der Waals surface area contributed by atoms with Gasteiger partial charge in [-0.2, -0.15) is 5.10 Å². The minimum atomic E-state index is -0.468. The number of rotatable bonds is 6. The number of carbonyl (C=O) groups excluding carboxylic acids is 1. The summed E-state index contributed by atoms with van der Waals surface area (Å²) in [6.45, 7) is 3.82. The molecule has 0 aliphatic rings. The van der Waals surface area contributed by atoms with Crippen LogP contribution in [0.4, 0.5) is 5.69 Å². The van der Waals surface area contributed by atoms with Gasteiger partial charge < -0.3 is 4.74 Å². The van der Waals surface area contributed by atoms with Crippen LogP contribution in [-0.2, 0) is 0 Å². The Labute approximate surface area is 169 Å². The van der Waals surface area contributed by atoms with E-state index in [-0.39, 0.29) is 11.8 Å². The molecule has 3 aromatic rings. The van der Waals surface area contributed by atoms with Crippen molar-refractivity contribution in [3.8, 4) is 5.75 Å². The molecular formula is C19H16ClN3O4S. The third-order valence-corrected chi connectivity index (χ3v) is 5.04. The summed E-state index contributed by atoms with van der Waals surface area (Å²) in [5, 5.41) is 15.9. The zero-order chi connectivity index (χ0) is 20.3. The van der Waals surface area contributed by atoms with E-state index in [0.717, 1.165) is 4.70 Å². The lowest BCUT2D eigenvalue weighted by molar-refractivity contribution is -0.384. The summed E-state index contributed by atoms with van der Waals surface area (Å²) in [7, 11) is 0. The van der Waals surface area contributed by atoms with Gasteiger partial charge in [-0.05, 0) is 49.7 Å². The van der Waals surface area contributed by atoms with Crippen LogP contribution in [-0.4, -0.2) is 23.1 Å². The molecule has 1 N–H and O–H groups in total. The molecule has 0 fully saturated rings. The molecule has 0 radical (unpaired) electrons. The summed E-state index contributed by atoms with van der Waals surface area (Å²) in [4.78, 5) is 23.1. The lowest BCUT2D eigenvalue weighted by Gasteiger charge is -2.11. The molecule has 0 saturated carbocycles. The number of thiophene rings is 1. The van der Waals surface area contributed by atoms with Gasteiger partial charge >= 0.3 is 0 Å². The number of halogens is 1. The smallest absolute Gasteiger partial charge is 0.281 e. The fourth-order valence-corrected chi connectivity index (χ4v) is 3.59. The highest BCUT2D eigenvalue weighted by Gasteiger charge is 2.13. The van der Waals surface area contributed by atoms with Gasteiger partial charge in [-0.1, -0.05) is 11.6 Å². The molecule has 3 rings (SSSR count). The quantitative estimate of drug-likeness (QED) is 0.346. The van der Waals surface area contributed by atoms with Gasteiger partial charge in [0.1, 0.15) is 5.75 Å². The van der Waals surface area contributed by atoms with Crippen LogP contribution < -0.4 is 10.2 Å². The van der Waals surface area contributed by atoms with Crippen molar-refractivity contribution in [2.75, 3.05) is 0 Å². The molecule has 1 heterocycles. The molecule has 0 bridgehead atoms. The Morgan fingerprint density at radius 2 is 2.07 bits per heavy atom. The van der Waals surface area contributed by atoms with Crippen molar-refractivity contribution in [3.05, 3.63) is 68.0 Å². The van der Waals surface area contributed by atoms with Crippen molar-refractivity contribution in [1.29, 1.82) is 0 Å². The molecule has 28 heavy (non-hydrogen) atoms. The topological polar surface area (TPSA) is 93.8 Å². The van der Waals surface area contributed by atoms with Crippen molar-refractivity contribution in [2.45, 2.75) is 20.0 Å². The SMILES string of the molecule is CC(C)Oc1ccc(/C=N\NC(=O)c2cc3cc([N+](=O)[O-])ccc3s2)cc1Cl. The number of fused-ring (bicyclic) bond motifs is 1. The number of nitrogens with one attached hydrogen (secondary N) is 1. The van der Waals surface area contributed by atoms with Gasteiger partial charge in [0, 0.05) is 22.2 Å². The van der Waals surface area contributed by atoms with Crippen molar-refractivity contribution < 1.29 is 14.5 Å². The summed E-state index contributed by atoms with van der Waals surface area (Å²) < 4.78 is 6.35. The molecule has 0 saturated heterocycles. The Bertz CT molecular complexity index is 1080. The first-order chi connectivity index (χ1) is 13.3. The maximum atomic E-state index is 12.3. The predicted molar refractivity (Wildman–Crippen MR) is 111 cm³/mol. The summed E-state index contributed by atoms with van der Waals surface area (Å²) >= 11 is 7.41. The molecule has 0 atom stereocenters. The summed E-state index contributed by atoms with van der Waals surface area (Å²) in [6.07, 6.45) is 1.49. The summed E-state index contributed by atoms with van der Waals surface area (Å²) in [5.74, 6) is 0.184. The zero-order valence-corrected chi connectivity index (χ0v) is 16.6. The van der Waals surface area contributed by atoms with Gasteiger partial charge in [0.05, 0.1) is 27.1 Å². The number of hydrazone groups is 1. The van der Waals surface area contributed by atoms with Crippen LogP contribution in [0.2, 0.25) is 5.02 Å². The van der Waals surface area contributed by atoms with E-state index in [4.69, 9.17) is 16.3 Å². The largest absolute Gasteiger partial charge is 0.489 e. The maximum absolute atomic E-state index is 12.3. The lowest BCUT2D eigenvalue weighted by Crippen LogP contribution is -2.16. The molecule has 0 aliphatic carbocycles. The maximum Gasteiger partial charge on any atom is 0.281 e. The fraction of sp³-hybridized carbons (Fsp3) is 0.158. The van der Waals surface area contributed by atoms with E-state index in [1.165, 1.54) is 29.7 Å². The Hall–Kier alpha value is -2.97. The van der Waals surface area contributed by atoms with E-state index in [2.05, 4.69) is 10.5 Å². The third kappa shape index (κ3) is 4.65. The summed E-state index contributed by atoms with van der Waals surface area (Å²) in [6, 6.07) is 11.3. The number of hydrogen-bond acceptors (Lipinski definition) is 6. The molecule has 0 unspecified atom stereocenters. The van der Waals surface area contributed by atoms with Crippen LogP contribution in [0.5, 0.6) is 5.75 Å². The number of non-ortho nitro benzene ring substituents is 1. The van der Waals surface area contributed by atoms with Crippen molar-refractivity contribution in [3.63, 3.8) is 0 Å². The van der Waals surface area contributed by atoms with E-state index >= 15 is 0 Å². The first kappa shape index (κ1) is 19.8. The standard InChI is InChI=1S/C19H16ClN3O4S/c1-11(2)27-16-5-3-12(7-15(16)20)10-21-22-19(24)18-9-13-8-14(23(25)26)4-6-17(13)28-18/h3-11H,1-2H3,(H,22,24)/b21-10-. The van der Waals surface area contributed by atoms with Crippen molar-refractivity contribution in [1.82, 2.24) is 5.43 Å². The molecule has 0 spiro atoms. The molecule has 2 aromatic carbocycles. The number of amides is 1. The van der Waals surface area contributed by atoms with E-state index in [9.17, 15) is 14.9 Å². The normalized spacial score (nSPS) is 11.3.